The normalized spacial score (nSPS) is 21.5. The molecular weight excluding hydrogens is 600 g/mol. The van der Waals surface area contributed by atoms with Crippen molar-refractivity contribution in [2.45, 2.75) is 64.0 Å². The summed E-state index contributed by atoms with van der Waals surface area (Å²) in [6.45, 7) is 9.70. The van der Waals surface area contributed by atoms with Crippen molar-refractivity contribution >= 4 is 35.1 Å². The molecule has 0 aliphatic carbocycles. The van der Waals surface area contributed by atoms with Gasteiger partial charge in [0.05, 0.1) is 5.92 Å². The Labute approximate surface area is 278 Å². The van der Waals surface area contributed by atoms with Crippen LogP contribution in [0, 0.1) is 12.8 Å². The smallest absolute Gasteiger partial charge is 0.322 e. The number of piperazine rings is 1. The molecule has 1 N–H and O–H groups in total. The first-order valence-electron chi connectivity index (χ1n) is 17.1. The molecule has 248 valence electrons. The zero-order valence-electron chi connectivity index (χ0n) is 27.4. The molecule has 0 bridgehead atoms. The Balaban J connectivity index is 1.07. The van der Waals surface area contributed by atoms with Crippen molar-refractivity contribution in [3.05, 3.63) is 64.2 Å². The van der Waals surface area contributed by atoms with Crippen LogP contribution in [0.25, 0.3) is 0 Å². The number of carbonyl (C=O) groups is 3. The number of hydrogen-bond acceptors (Lipinski definition) is 5. The van der Waals surface area contributed by atoms with E-state index in [1.165, 1.54) is 0 Å². The van der Waals surface area contributed by atoms with Gasteiger partial charge < -0.3 is 24.9 Å². The van der Waals surface area contributed by atoms with Crippen LogP contribution in [-0.4, -0.2) is 120 Å². The largest absolute Gasteiger partial charge is 0.343 e. The summed E-state index contributed by atoms with van der Waals surface area (Å²) in [4.78, 5) is 51.8. The van der Waals surface area contributed by atoms with E-state index in [1.54, 1.807) is 0 Å². The van der Waals surface area contributed by atoms with Crippen molar-refractivity contribution in [1.82, 2.24) is 24.5 Å². The molecule has 6 rings (SSSR count). The van der Waals surface area contributed by atoms with Crippen molar-refractivity contribution in [3.8, 4) is 0 Å². The summed E-state index contributed by atoms with van der Waals surface area (Å²) in [6.07, 6.45) is 4.98. The molecule has 4 aliphatic heterocycles. The maximum atomic E-state index is 14.1. The monoisotopic (exact) mass is 648 g/mol. The molecule has 0 spiro atoms. The van der Waals surface area contributed by atoms with Crippen LogP contribution in [0.5, 0.6) is 0 Å². The molecule has 1 atom stereocenters. The van der Waals surface area contributed by atoms with Gasteiger partial charge >= 0.3 is 6.03 Å². The highest BCUT2D eigenvalue weighted by molar-refractivity contribution is 6.31. The van der Waals surface area contributed by atoms with Crippen molar-refractivity contribution < 1.29 is 14.4 Å². The van der Waals surface area contributed by atoms with E-state index in [-0.39, 0.29) is 30.3 Å². The number of anilines is 1. The molecule has 0 saturated carbocycles. The Morgan fingerprint density at radius 2 is 1.54 bits per heavy atom. The summed E-state index contributed by atoms with van der Waals surface area (Å²) in [6, 6.07) is 14.5. The number of likely N-dealkylation sites (tertiary alicyclic amines) is 2. The lowest BCUT2D eigenvalue weighted by molar-refractivity contribution is -0.143. The van der Waals surface area contributed by atoms with Gasteiger partial charge in [0.25, 0.3) is 0 Å². The van der Waals surface area contributed by atoms with Crippen molar-refractivity contribution in [1.29, 1.82) is 0 Å². The second-order valence-electron chi connectivity index (χ2n) is 13.7. The molecule has 2 aromatic carbocycles. The molecule has 4 amide bonds. The minimum atomic E-state index is -0.416. The summed E-state index contributed by atoms with van der Waals surface area (Å²) in [7, 11) is 2.18. The number of likely N-dealkylation sites (N-methyl/N-ethyl adjacent to an activating group) is 1. The number of nitrogens with zero attached hydrogens (tertiary/aromatic N) is 5. The molecule has 4 heterocycles. The maximum absolute atomic E-state index is 14.1. The minimum absolute atomic E-state index is 0.0301. The number of aryl methyl sites for hydroxylation is 1. The number of rotatable bonds is 7. The molecule has 9 nitrogen and oxygen atoms in total. The maximum Gasteiger partial charge on any atom is 0.322 e. The van der Waals surface area contributed by atoms with Crippen molar-refractivity contribution in [2.24, 2.45) is 5.92 Å². The molecular formula is C36H49ClN6O3. The minimum Gasteiger partial charge on any atom is -0.343 e. The summed E-state index contributed by atoms with van der Waals surface area (Å²) in [5.41, 5.74) is 4.05. The molecule has 0 aromatic heterocycles. The number of hydrogen-bond donors (Lipinski definition) is 1. The van der Waals surface area contributed by atoms with E-state index in [4.69, 9.17) is 11.6 Å². The Morgan fingerprint density at radius 3 is 2.26 bits per heavy atom. The van der Waals surface area contributed by atoms with Crippen LogP contribution >= 0.6 is 11.6 Å². The zero-order valence-corrected chi connectivity index (χ0v) is 28.2. The lowest BCUT2D eigenvalue weighted by Crippen LogP contribution is -2.53. The molecule has 0 radical (unpaired) electrons. The van der Waals surface area contributed by atoms with Gasteiger partial charge in [0.1, 0.15) is 0 Å². The quantitative estimate of drug-likeness (QED) is 0.478. The average molecular weight is 649 g/mol. The van der Waals surface area contributed by atoms with Gasteiger partial charge in [0.2, 0.25) is 11.8 Å². The van der Waals surface area contributed by atoms with Crippen molar-refractivity contribution in [3.63, 3.8) is 0 Å². The Morgan fingerprint density at radius 1 is 0.870 bits per heavy atom. The van der Waals surface area contributed by atoms with Crippen LogP contribution in [0.1, 0.15) is 48.8 Å². The number of amides is 4. The van der Waals surface area contributed by atoms with Gasteiger partial charge in [-0.15, -0.1) is 0 Å². The molecule has 3 fully saturated rings. The third kappa shape index (κ3) is 7.69. The summed E-state index contributed by atoms with van der Waals surface area (Å²) in [5, 5.41) is 3.79. The van der Waals surface area contributed by atoms with E-state index >= 15 is 0 Å². The zero-order chi connectivity index (χ0) is 32.2. The molecule has 10 heteroatoms. The van der Waals surface area contributed by atoms with Gasteiger partial charge in [-0.05, 0) is 81.3 Å². The average Bonchev–Trinajstić information content (AvgIpc) is 3.24. The number of nitrogens with one attached hydrogen (secondary N) is 1. The van der Waals surface area contributed by atoms with Crippen LogP contribution in [0.15, 0.2) is 42.5 Å². The SMILES string of the molecule is Cc1cc(CC(CC(=O)N2CCC(N3CCc4ccccc4NC3=O)CC2)C(=O)N2CCC(N3CCN(C)CC3)CC2)ccc1Cl. The Bertz CT molecular complexity index is 1400. The Hall–Kier alpha value is -3.14. The number of benzene rings is 2. The van der Waals surface area contributed by atoms with E-state index < -0.39 is 5.92 Å². The first-order valence-corrected chi connectivity index (χ1v) is 17.5. The highest BCUT2D eigenvalue weighted by Gasteiger charge is 2.35. The number of piperidine rings is 2. The molecule has 1 unspecified atom stereocenters. The second-order valence-corrected chi connectivity index (χ2v) is 14.1. The van der Waals surface area contributed by atoms with E-state index in [0.29, 0.717) is 37.1 Å². The fourth-order valence-corrected chi connectivity index (χ4v) is 7.88. The predicted molar refractivity (Wildman–Crippen MR) is 182 cm³/mol. The van der Waals surface area contributed by atoms with E-state index in [2.05, 4.69) is 28.2 Å². The van der Waals surface area contributed by atoms with E-state index in [1.807, 2.05) is 58.0 Å². The van der Waals surface area contributed by atoms with Crippen molar-refractivity contribution in [2.75, 3.05) is 71.3 Å². The fraction of sp³-hybridized carbons (Fsp3) is 0.583. The number of para-hydroxylation sites is 1. The third-order valence-corrected chi connectivity index (χ3v) is 11.1. The van der Waals surface area contributed by atoms with Crippen LogP contribution < -0.4 is 5.32 Å². The lowest BCUT2D eigenvalue weighted by atomic mass is 9.91. The standard InChI is InChI=1S/C36H49ClN6O3/c1-26-23-27(7-8-32(26)37)24-29(35(45)42-16-10-30(11-17-42)40-21-19-39(2)20-22-40)25-34(44)41-14-12-31(13-15-41)43-18-9-28-5-3-4-6-33(28)38-36(43)46/h3-8,23,29-31H,9-22,24-25H2,1-2H3,(H,38,46). The molecule has 46 heavy (non-hydrogen) atoms. The summed E-state index contributed by atoms with van der Waals surface area (Å²) < 4.78 is 0. The van der Waals surface area contributed by atoms with Gasteiger partial charge in [-0.1, -0.05) is 41.9 Å². The van der Waals surface area contributed by atoms with Gasteiger partial charge in [0, 0.05) is 88.1 Å². The van der Waals surface area contributed by atoms with Crippen LogP contribution in [0.2, 0.25) is 5.02 Å². The summed E-state index contributed by atoms with van der Waals surface area (Å²) in [5.74, 6) is -0.295. The molecule has 4 aliphatic rings. The van der Waals surface area contributed by atoms with E-state index in [0.717, 1.165) is 93.8 Å². The van der Waals surface area contributed by atoms with Gasteiger partial charge in [-0.3, -0.25) is 14.5 Å². The number of urea groups is 1. The number of halogens is 1. The fourth-order valence-electron chi connectivity index (χ4n) is 7.77. The molecule has 2 aromatic rings. The topological polar surface area (TPSA) is 79.4 Å². The van der Waals surface area contributed by atoms with Gasteiger partial charge in [-0.2, -0.15) is 0 Å². The predicted octanol–water partition coefficient (Wildman–Crippen LogP) is 4.52. The first kappa shape index (κ1) is 32.8. The number of fused-ring (bicyclic) bond motifs is 1. The number of carbonyl (C=O) groups excluding carboxylic acids is 3. The molecule has 3 saturated heterocycles. The lowest BCUT2D eigenvalue weighted by Gasteiger charge is -2.42. The Kier molecular flexibility index (Phi) is 10.5. The third-order valence-electron chi connectivity index (χ3n) is 10.7. The van der Waals surface area contributed by atoms with E-state index in [9.17, 15) is 14.4 Å². The summed E-state index contributed by atoms with van der Waals surface area (Å²) >= 11 is 6.31. The second kappa shape index (κ2) is 14.7. The van der Waals surface area contributed by atoms with Gasteiger partial charge in [-0.25, -0.2) is 4.79 Å². The highest BCUT2D eigenvalue weighted by atomic mass is 35.5. The van der Waals surface area contributed by atoms with Gasteiger partial charge in [0.15, 0.2) is 0 Å². The van der Waals surface area contributed by atoms with Crippen LogP contribution in [-0.2, 0) is 22.4 Å². The first-order chi connectivity index (χ1) is 22.2. The highest BCUT2D eigenvalue weighted by Crippen LogP contribution is 2.27. The van der Waals surface area contributed by atoms with Crippen LogP contribution in [0.3, 0.4) is 0 Å². The van der Waals surface area contributed by atoms with Crippen LogP contribution in [0.4, 0.5) is 10.5 Å².